The maximum absolute atomic E-state index is 14.4. The molecule has 1 aliphatic heterocycles. The summed E-state index contributed by atoms with van der Waals surface area (Å²) < 4.78 is 58.5. The van der Waals surface area contributed by atoms with Gasteiger partial charge < -0.3 is 4.42 Å². The smallest absolute Gasteiger partial charge is 0.258 e. The van der Waals surface area contributed by atoms with Crippen LogP contribution in [-0.4, -0.2) is 26.6 Å². The second-order valence-corrected chi connectivity index (χ2v) is 8.87. The van der Waals surface area contributed by atoms with Gasteiger partial charge in [0.1, 0.15) is 17.4 Å². The summed E-state index contributed by atoms with van der Waals surface area (Å²) in [6.07, 6.45) is 1.98. The first kappa shape index (κ1) is 20.1. The Morgan fingerprint density at radius 3 is 2.47 bits per heavy atom. The molecule has 0 atom stereocenters. The molecule has 1 fully saturated rings. The Morgan fingerprint density at radius 2 is 1.87 bits per heavy atom. The molecule has 2 heterocycles. The summed E-state index contributed by atoms with van der Waals surface area (Å²) in [5.74, 6) is -1.65. The van der Waals surface area contributed by atoms with E-state index in [4.69, 9.17) is 4.42 Å². The average molecular weight is 432 g/mol. The standard InChI is InChI=1S/C21H18F2N2O4S/c22-16-6-9-20(19(23)13-16)24(14-18-3-1-11-29-18)21(26)15-4-7-17(8-5-15)25-10-2-12-30(25,27)28/h1,3-9,11,13H,2,10,12,14H2. The molecule has 0 aliphatic carbocycles. The third-order valence-corrected chi connectivity index (χ3v) is 6.71. The Morgan fingerprint density at radius 1 is 1.10 bits per heavy atom. The molecule has 9 heteroatoms. The summed E-state index contributed by atoms with van der Waals surface area (Å²) >= 11 is 0. The Hall–Kier alpha value is -3.20. The van der Waals surface area contributed by atoms with Crippen molar-refractivity contribution in [1.82, 2.24) is 0 Å². The number of furan rings is 1. The number of anilines is 2. The van der Waals surface area contributed by atoms with Crippen molar-refractivity contribution in [2.75, 3.05) is 21.5 Å². The fourth-order valence-corrected chi connectivity index (χ4v) is 4.95. The van der Waals surface area contributed by atoms with Crippen molar-refractivity contribution in [1.29, 1.82) is 0 Å². The van der Waals surface area contributed by atoms with E-state index in [9.17, 15) is 22.0 Å². The molecule has 30 heavy (non-hydrogen) atoms. The number of carbonyl (C=O) groups is 1. The lowest BCUT2D eigenvalue weighted by atomic mass is 10.1. The number of halogens is 2. The summed E-state index contributed by atoms with van der Waals surface area (Å²) in [5.41, 5.74) is 0.601. The van der Waals surface area contributed by atoms with E-state index in [0.29, 0.717) is 30.5 Å². The van der Waals surface area contributed by atoms with Gasteiger partial charge in [0, 0.05) is 18.2 Å². The van der Waals surface area contributed by atoms with Gasteiger partial charge in [-0.2, -0.15) is 0 Å². The number of benzene rings is 2. The van der Waals surface area contributed by atoms with Crippen LogP contribution in [0.2, 0.25) is 0 Å². The predicted octanol–water partition coefficient (Wildman–Crippen LogP) is 3.94. The summed E-state index contributed by atoms with van der Waals surface area (Å²) in [5, 5.41) is 0. The van der Waals surface area contributed by atoms with E-state index in [0.717, 1.165) is 11.0 Å². The monoisotopic (exact) mass is 432 g/mol. The van der Waals surface area contributed by atoms with Crippen LogP contribution in [0.4, 0.5) is 20.2 Å². The minimum absolute atomic E-state index is 0.0589. The van der Waals surface area contributed by atoms with Crippen LogP contribution >= 0.6 is 0 Å². The van der Waals surface area contributed by atoms with E-state index in [1.165, 1.54) is 28.8 Å². The van der Waals surface area contributed by atoms with E-state index in [-0.39, 0.29) is 23.5 Å². The minimum Gasteiger partial charge on any atom is -0.467 e. The van der Waals surface area contributed by atoms with Crippen LogP contribution in [-0.2, 0) is 16.6 Å². The van der Waals surface area contributed by atoms with Gasteiger partial charge in [-0.25, -0.2) is 17.2 Å². The van der Waals surface area contributed by atoms with Crippen LogP contribution in [0.25, 0.3) is 0 Å². The van der Waals surface area contributed by atoms with E-state index in [1.807, 2.05) is 0 Å². The number of carbonyl (C=O) groups excluding carboxylic acids is 1. The molecule has 1 saturated heterocycles. The zero-order valence-corrected chi connectivity index (χ0v) is 16.6. The van der Waals surface area contributed by atoms with E-state index >= 15 is 0 Å². The molecule has 6 nitrogen and oxygen atoms in total. The van der Waals surface area contributed by atoms with Gasteiger partial charge in [0.25, 0.3) is 5.91 Å². The molecule has 4 rings (SSSR count). The molecule has 0 radical (unpaired) electrons. The van der Waals surface area contributed by atoms with Crippen molar-refractivity contribution < 1.29 is 26.4 Å². The van der Waals surface area contributed by atoms with Gasteiger partial charge in [-0.3, -0.25) is 14.0 Å². The van der Waals surface area contributed by atoms with Crippen molar-refractivity contribution in [2.24, 2.45) is 0 Å². The van der Waals surface area contributed by atoms with Crippen molar-refractivity contribution >= 4 is 27.3 Å². The van der Waals surface area contributed by atoms with Gasteiger partial charge in [-0.1, -0.05) is 0 Å². The lowest BCUT2D eigenvalue weighted by Gasteiger charge is -2.23. The lowest BCUT2D eigenvalue weighted by molar-refractivity contribution is 0.0982. The SMILES string of the molecule is O=C(c1ccc(N2CCCS2(=O)=O)cc1)N(Cc1ccco1)c1ccc(F)cc1F. The number of amides is 1. The predicted molar refractivity (Wildman–Crippen MR) is 108 cm³/mol. The summed E-state index contributed by atoms with van der Waals surface area (Å²) in [6.45, 7) is 0.331. The van der Waals surface area contributed by atoms with Crippen LogP contribution in [0.15, 0.2) is 65.3 Å². The molecule has 1 aliphatic rings. The number of sulfonamides is 1. The van der Waals surface area contributed by atoms with Gasteiger partial charge >= 0.3 is 0 Å². The number of rotatable bonds is 5. The lowest BCUT2D eigenvalue weighted by Crippen LogP contribution is -2.31. The van der Waals surface area contributed by atoms with Crippen molar-refractivity contribution in [3.05, 3.63) is 83.8 Å². The van der Waals surface area contributed by atoms with Crippen LogP contribution in [0, 0.1) is 11.6 Å². The maximum atomic E-state index is 14.4. The summed E-state index contributed by atoms with van der Waals surface area (Å²) in [6, 6.07) is 12.3. The highest BCUT2D eigenvalue weighted by atomic mass is 32.2. The topological polar surface area (TPSA) is 70.8 Å². The van der Waals surface area contributed by atoms with E-state index in [2.05, 4.69) is 0 Å². The van der Waals surface area contributed by atoms with Crippen LogP contribution < -0.4 is 9.21 Å². The van der Waals surface area contributed by atoms with Crippen LogP contribution in [0.5, 0.6) is 0 Å². The van der Waals surface area contributed by atoms with Gasteiger partial charge in [0.05, 0.1) is 29.9 Å². The third-order valence-electron chi connectivity index (χ3n) is 4.84. The van der Waals surface area contributed by atoms with Crippen molar-refractivity contribution in [3.63, 3.8) is 0 Å². The fourth-order valence-electron chi connectivity index (χ4n) is 3.38. The second kappa shape index (κ2) is 7.91. The van der Waals surface area contributed by atoms with E-state index in [1.54, 1.807) is 24.3 Å². The number of nitrogens with zero attached hydrogens (tertiary/aromatic N) is 2. The normalized spacial score (nSPS) is 15.3. The molecule has 0 unspecified atom stereocenters. The first-order valence-electron chi connectivity index (χ1n) is 9.25. The first-order valence-corrected chi connectivity index (χ1v) is 10.9. The highest BCUT2D eigenvalue weighted by Crippen LogP contribution is 2.27. The van der Waals surface area contributed by atoms with Gasteiger partial charge in [0.15, 0.2) is 0 Å². The Kier molecular flexibility index (Phi) is 5.29. The summed E-state index contributed by atoms with van der Waals surface area (Å²) in [7, 11) is -3.34. The van der Waals surface area contributed by atoms with Gasteiger partial charge in [-0.05, 0) is 55.0 Å². The second-order valence-electron chi connectivity index (χ2n) is 6.85. The zero-order chi connectivity index (χ0) is 21.3. The highest BCUT2D eigenvalue weighted by molar-refractivity contribution is 7.93. The average Bonchev–Trinajstić information content (AvgIpc) is 3.35. The minimum atomic E-state index is -3.34. The quantitative estimate of drug-likeness (QED) is 0.612. The van der Waals surface area contributed by atoms with Gasteiger partial charge in [0.2, 0.25) is 10.0 Å². The third kappa shape index (κ3) is 3.93. The Balaban J connectivity index is 1.66. The van der Waals surface area contributed by atoms with Crippen molar-refractivity contribution in [2.45, 2.75) is 13.0 Å². The van der Waals surface area contributed by atoms with Gasteiger partial charge in [-0.15, -0.1) is 0 Å². The number of hydrogen-bond donors (Lipinski definition) is 0. The molecule has 1 aromatic heterocycles. The Bertz CT molecular complexity index is 1160. The van der Waals surface area contributed by atoms with Crippen LogP contribution in [0.1, 0.15) is 22.5 Å². The van der Waals surface area contributed by atoms with Crippen LogP contribution in [0.3, 0.4) is 0 Å². The largest absolute Gasteiger partial charge is 0.467 e. The Labute approximate surface area is 172 Å². The van der Waals surface area contributed by atoms with E-state index < -0.39 is 27.6 Å². The molecule has 156 valence electrons. The van der Waals surface area contributed by atoms with Crippen molar-refractivity contribution in [3.8, 4) is 0 Å². The zero-order valence-electron chi connectivity index (χ0n) is 15.8. The fraction of sp³-hybridized carbons (Fsp3) is 0.190. The first-order chi connectivity index (χ1) is 14.3. The molecule has 2 aromatic carbocycles. The molecular formula is C21H18F2N2O4S. The molecule has 0 saturated carbocycles. The summed E-state index contributed by atoms with van der Waals surface area (Å²) in [4.78, 5) is 14.3. The maximum Gasteiger partial charge on any atom is 0.258 e. The molecule has 3 aromatic rings. The molecule has 1 amide bonds. The molecule has 0 bridgehead atoms. The highest BCUT2D eigenvalue weighted by Gasteiger charge is 2.29. The number of hydrogen-bond acceptors (Lipinski definition) is 4. The molecule has 0 spiro atoms. The molecular weight excluding hydrogens is 414 g/mol. The molecule has 0 N–H and O–H groups in total.